The third-order valence-electron chi connectivity index (χ3n) is 10.8. The molecule has 51 heavy (non-hydrogen) atoms. The Labute approximate surface area is 301 Å². The molecule has 0 saturated heterocycles. The summed E-state index contributed by atoms with van der Waals surface area (Å²) in [5.41, 5.74) is 15.0. The Morgan fingerprint density at radius 3 is 1.57 bits per heavy atom. The summed E-state index contributed by atoms with van der Waals surface area (Å²) in [4.78, 5) is 4.95. The van der Waals surface area contributed by atoms with Gasteiger partial charge in [-0.15, -0.1) is 0 Å². The van der Waals surface area contributed by atoms with Crippen LogP contribution in [0.3, 0.4) is 0 Å². The average molecular weight is 657 g/mol. The third-order valence-corrected chi connectivity index (χ3v) is 10.8. The summed E-state index contributed by atoms with van der Waals surface area (Å²) in [6.07, 6.45) is 15.9. The number of fused-ring (bicyclic) bond motifs is 3. The van der Waals surface area contributed by atoms with Crippen LogP contribution < -0.4 is 9.80 Å². The third kappa shape index (κ3) is 5.63. The largest absolute Gasteiger partial charge is 0.335 e. The molecule has 9 rings (SSSR count). The van der Waals surface area contributed by atoms with Gasteiger partial charge >= 0.3 is 0 Å². The van der Waals surface area contributed by atoms with Crippen LogP contribution in [0.15, 0.2) is 200 Å². The Morgan fingerprint density at radius 1 is 0.510 bits per heavy atom. The molecule has 0 amide bonds. The number of rotatable bonds is 7. The first-order valence-corrected chi connectivity index (χ1v) is 18.0. The second-order valence-electron chi connectivity index (χ2n) is 13.9. The lowest BCUT2D eigenvalue weighted by molar-refractivity contribution is 0.520. The molecule has 0 spiro atoms. The monoisotopic (exact) mass is 656 g/mol. The maximum atomic E-state index is 2.59. The molecule has 2 atom stereocenters. The molecule has 2 nitrogen and oxygen atoms in total. The zero-order valence-corrected chi connectivity index (χ0v) is 28.9. The predicted octanol–water partition coefficient (Wildman–Crippen LogP) is 13.0. The molecule has 0 fully saturated rings. The van der Waals surface area contributed by atoms with Crippen LogP contribution in [0.4, 0.5) is 22.7 Å². The fourth-order valence-electron chi connectivity index (χ4n) is 8.23. The molecular weight excluding hydrogens is 617 g/mol. The minimum Gasteiger partial charge on any atom is -0.335 e. The number of anilines is 4. The molecule has 0 radical (unpaired) electrons. The number of hydrogen-bond acceptors (Lipinski definition) is 2. The molecule has 1 aliphatic heterocycles. The lowest BCUT2D eigenvalue weighted by Crippen LogP contribution is -2.44. The first-order chi connectivity index (χ1) is 25.2. The molecule has 0 N–H and O–H groups in total. The molecule has 0 aromatic heterocycles. The topological polar surface area (TPSA) is 6.48 Å². The van der Waals surface area contributed by atoms with Crippen molar-refractivity contribution in [2.24, 2.45) is 0 Å². The van der Waals surface area contributed by atoms with Crippen LogP contribution in [0.1, 0.15) is 36.8 Å². The van der Waals surface area contributed by atoms with Gasteiger partial charge in [-0.05, 0) is 107 Å². The lowest BCUT2D eigenvalue weighted by atomic mass is 9.80. The van der Waals surface area contributed by atoms with Gasteiger partial charge in [-0.2, -0.15) is 0 Å². The predicted molar refractivity (Wildman–Crippen MR) is 216 cm³/mol. The van der Waals surface area contributed by atoms with Gasteiger partial charge in [0.2, 0.25) is 0 Å². The number of benzene rings is 6. The SMILES string of the molecule is CC12C=CC=CC1c1ccccc1N2C1=CC=C(c2ccc(N(c3ccc(-c4ccccc4)cc3)c3ccc(-c4ccccc4)cc3)cc2)CC1. The molecule has 2 unspecified atom stereocenters. The Hall–Kier alpha value is -6.12. The molecule has 0 bridgehead atoms. The molecule has 6 aromatic carbocycles. The van der Waals surface area contributed by atoms with E-state index in [1.54, 1.807) is 0 Å². The van der Waals surface area contributed by atoms with Crippen LogP contribution in [0.5, 0.6) is 0 Å². The number of para-hydroxylation sites is 1. The first kappa shape index (κ1) is 30.9. The van der Waals surface area contributed by atoms with E-state index in [0.717, 1.165) is 29.9 Å². The normalized spacial score (nSPS) is 18.8. The van der Waals surface area contributed by atoms with Crippen molar-refractivity contribution >= 4 is 28.3 Å². The highest BCUT2D eigenvalue weighted by Crippen LogP contribution is 2.53. The van der Waals surface area contributed by atoms with Crippen molar-refractivity contribution in [3.63, 3.8) is 0 Å². The van der Waals surface area contributed by atoms with Crippen molar-refractivity contribution in [3.05, 3.63) is 211 Å². The Bertz CT molecular complexity index is 2210. The van der Waals surface area contributed by atoms with E-state index < -0.39 is 0 Å². The van der Waals surface area contributed by atoms with Crippen LogP contribution in [0.25, 0.3) is 27.8 Å². The fraction of sp³-hybridized carbons (Fsp3) is 0.102. The molecule has 246 valence electrons. The molecule has 1 heterocycles. The van der Waals surface area contributed by atoms with E-state index in [4.69, 9.17) is 0 Å². The molecule has 6 aromatic rings. The molecular formula is C49H40N2. The lowest BCUT2D eigenvalue weighted by Gasteiger charge is -2.41. The van der Waals surface area contributed by atoms with Crippen molar-refractivity contribution in [2.45, 2.75) is 31.2 Å². The van der Waals surface area contributed by atoms with Crippen LogP contribution >= 0.6 is 0 Å². The van der Waals surface area contributed by atoms with Gasteiger partial charge in [-0.3, -0.25) is 0 Å². The van der Waals surface area contributed by atoms with Crippen molar-refractivity contribution in [2.75, 3.05) is 9.80 Å². The summed E-state index contributed by atoms with van der Waals surface area (Å²) in [6, 6.07) is 57.0. The highest BCUT2D eigenvalue weighted by molar-refractivity contribution is 5.81. The van der Waals surface area contributed by atoms with Gasteiger partial charge < -0.3 is 9.80 Å². The molecule has 2 aliphatic carbocycles. The number of hydrogen-bond donors (Lipinski definition) is 0. The Balaban J connectivity index is 1.03. The van der Waals surface area contributed by atoms with E-state index in [2.05, 4.69) is 211 Å². The van der Waals surface area contributed by atoms with Crippen molar-refractivity contribution in [1.82, 2.24) is 0 Å². The minimum atomic E-state index is -0.0840. The van der Waals surface area contributed by atoms with E-state index in [1.165, 1.54) is 50.3 Å². The van der Waals surface area contributed by atoms with Gasteiger partial charge in [-0.1, -0.05) is 146 Å². The second kappa shape index (κ2) is 13.0. The molecule has 2 heteroatoms. The summed E-state index contributed by atoms with van der Waals surface area (Å²) in [6.45, 7) is 2.38. The maximum absolute atomic E-state index is 2.59. The summed E-state index contributed by atoms with van der Waals surface area (Å²) in [5.74, 6) is 0.365. The van der Waals surface area contributed by atoms with Crippen LogP contribution in [0.2, 0.25) is 0 Å². The van der Waals surface area contributed by atoms with Crippen LogP contribution in [-0.2, 0) is 0 Å². The van der Waals surface area contributed by atoms with E-state index in [1.807, 2.05) is 0 Å². The fourth-order valence-corrected chi connectivity index (χ4v) is 8.23. The molecule has 3 aliphatic rings. The summed E-state index contributed by atoms with van der Waals surface area (Å²) in [5, 5.41) is 0. The van der Waals surface area contributed by atoms with E-state index in [-0.39, 0.29) is 5.54 Å². The van der Waals surface area contributed by atoms with Crippen molar-refractivity contribution in [3.8, 4) is 22.3 Å². The quantitative estimate of drug-likeness (QED) is 0.169. The minimum absolute atomic E-state index is 0.0840. The van der Waals surface area contributed by atoms with Crippen LogP contribution in [0, 0.1) is 0 Å². The van der Waals surface area contributed by atoms with Gasteiger partial charge in [0.05, 0.1) is 5.54 Å². The number of nitrogens with zero attached hydrogens (tertiary/aromatic N) is 2. The zero-order chi connectivity index (χ0) is 34.2. The van der Waals surface area contributed by atoms with Gasteiger partial charge in [0.15, 0.2) is 0 Å². The summed E-state index contributed by atoms with van der Waals surface area (Å²) < 4.78 is 0. The van der Waals surface area contributed by atoms with Gasteiger partial charge in [0.25, 0.3) is 0 Å². The molecule has 0 saturated carbocycles. The number of allylic oxidation sites excluding steroid dienone is 6. The van der Waals surface area contributed by atoms with Gasteiger partial charge in [-0.25, -0.2) is 0 Å². The van der Waals surface area contributed by atoms with Crippen molar-refractivity contribution < 1.29 is 0 Å². The van der Waals surface area contributed by atoms with Gasteiger partial charge in [0, 0.05) is 34.4 Å². The second-order valence-corrected chi connectivity index (χ2v) is 13.9. The van der Waals surface area contributed by atoms with E-state index >= 15 is 0 Å². The zero-order valence-electron chi connectivity index (χ0n) is 28.9. The average Bonchev–Trinajstić information content (AvgIpc) is 3.48. The first-order valence-electron chi connectivity index (χ1n) is 18.0. The smallest absolute Gasteiger partial charge is 0.0709 e. The maximum Gasteiger partial charge on any atom is 0.0709 e. The standard InChI is InChI=1S/C49H40N2/c1-49-35-11-10-17-47(49)46-16-8-9-18-48(46)51(49)45-33-25-41(26-34-45)40-23-31-44(32-24-40)50(42-27-19-38(20-28-42)36-12-4-2-5-13-36)43-29-21-39(22-30-43)37-14-6-3-7-15-37/h2-25,27-33,35,47H,26,34H2,1H3. The van der Waals surface area contributed by atoms with Crippen molar-refractivity contribution in [1.29, 1.82) is 0 Å². The Kier molecular flexibility index (Phi) is 7.86. The summed E-state index contributed by atoms with van der Waals surface area (Å²) in [7, 11) is 0. The highest BCUT2D eigenvalue weighted by atomic mass is 15.2. The Morgan fingerprint density at radius 2 is 1.02 bits per heavy atom. The summed E-state index contributed by atoms with van der Waals surface area (Å²) >= 11 is 0. The van der Waals surface area contributed by atoms with Gasteiger partial charge in [0.1, 0.15) is 0 Å². The van der Waals surface area contributed by atoms with Crippen LogP contribution in [-0.4, -0.2) is 5.54 Å². The van der Waals surface area contributed by atoms with E-state index in [9.17, 15) is 0 Å². The highest BCUT2D eigenvalue weighted by Gasteiger charge is 2.47. The van der Waals surface area contributed by atoms with E-state index in [0.29, 0.717) is 5.92 Å².